The van der Waals surface area contributed by atoms with E-state index in [9.17, 15) is 22.8 Å². The summed E-state index contributed by atoms with van der Waals surface area (Å²) in [5.74, 6) is -0.636. The Hall–Kier alpha value is -3.07. The smallest absolute Gasteiger partial charge is 0.416 e. The molecule has 2 aromatic carbocycles. The van der Waals surface area contributed by atoms with Crippen LogP contribution < -0.4 is 16.4 Å². The fourth-order valence-electron chi connectivity index (χ4n) is 2.67. The molecule has 0 heterocycles. The molecule has 0 aliphatic rings. The van der Waals surface area contributed by atoms with Crippen molar-refractivity contribution in [3.05, 3.63) is 65.7 Å². The van der Waals surface area contributed by atoms with Crippen molar-refractivity contribution in [1.82, 2.24) is 5.32 Å². The van der Waals surface area contributed by atoms with Crippen molar-refractivity contribution >= 4 is 17.7 Å². The molecule has 0 bridgehead atoms. The number of halogens is 3. The maximum Gasteiger partial charge on any atom is 0.416 e. The maximum absolute atomic E-state index is 12.9. The number of nitrogens with two attached hydrogens (primary N) is 1. The second-order valence-corrected chi connectivity index (χ2v) is 6.61. The molecule has 0 spiro atoms. The monoisotopic (exact) mass is 423 g/mol. The number of hydrogen-bond acceptors (Lipinski definition) is 4. The van der Waals surface area contributed by atoms with Crippen LogP contribution in [0.25, 0.3) is 0 Å². The molecule has 1 atom stereocenters. The maximum atomic E-state index is 12.9. The van der Waals surface area contributed by atoms with Gasteiger partial charge in [-0.2, -0.15) is 13.2 Å². The molecule has 0 unspecified atom stereocenters. The van der Waals surface area contributed by atoms with Gasteiger partial charge in [0.1, 0.15) is 12.6 Å². The van der Waals surface area contributed by atoms with E-state index in [4.69, 9.17) is 10.5 Å². The zero-order valence-corrected chi connectivity index (χ0v) is 16.2. The molecule has 0 aliphatic heterocycles. The average molecular weight is 423 g/mol. The first kappa shape index (κ1) is 23.2. The third-order valence-corrected chi connectivity index (χ3v) is 4.23. The van der Waals surface area contributed by atoms with E-state index in [-0.39, 0.29) is 18.7 Å². The van der Waals surface area contributed by atoms with Gasteiger partial charge in [0.2, 0.25) is 5.91 Å². The highest BCUT2D eigenvalue weighted by Crippen LogP contribution is 2.30. The van der Waals surface area contributed by atoms with E-state index in [0.29, 0.717) is 19.4 Å². The highest BCUT2D eigenvalue weighted by atomic mass is 19.4. The molecule has 0 fully saturated rings. The summed E-state index contributed by atoms with van der Waals surface area (Å²) in [6, 6.07) is 12.3. The number of alkyl halides is 3. The minimum atomic E-state index is -4.53. The van der Waals surface area contributed by atoms with Crippen LogP contribution in [0.15, 0.2) is 54.6 Å². The van der Waals surface area contributed by atoms with Crippen LogP contribution >= 0.6 is 0 Å². The Morgan fingerprint density at radius 2 is 1.77 bits per heavy atom. The Labute approximate surface area is 172 Å². The molecule has 2 aromatic rings. The normalized spacial score (nSPS) is 12.1. The highest BCUT2D eigenvalue weighted by molar-refractivity contribution is 5.96. The van der Waals surface area contributed by atoms with Gasteiger partial charge in [0.25, 0.3) is 0 Å². The molecule has 30 heavy (non-hydrogen) atoms. The minimum absolute atomic E-state index is 0.0156. The van der Waals surface area contributed by atoms with Gasteiger partial charge in [0, 0.05) is 5.69 Å². The topological polar surface area (TPSA) is 93.4 Å². The largest absolute Gasteiger partial charge is 0.445 e. The predicted octanol–water partition coefficient (Wildman–Crippen LogP) is 4.07. The number of benzene rings is 2. The molecule has 2 amide bonds. The van der Waals surface area contributed by atoms with E-state index in [2.05, 4.69) is 10.6 Å². The van der Waals surface area contributed by atoms with Crippen molar-refractivity contribution in [2.75, 3.05) is 11.9 Å². The standard InChI is InChI=1S/C21H24F3N3O3/c22-21(23,24)16-9-6-10-17(13-16)26-19(28)18(11-4-5-12-25)27-20(29)30-14-15-7-2-1-3-8-15/h1-3,6-10,13,18H,4-5,11-12,14,25H2,(H,26,28)(H,27,29)/t18-/m0/s1. The van der Waals surface area contributed by atoms with Crippen LogP contribution in [0, 0.1) is 0 Å². The number of anilines is 1. The summed E-state index contributed by atoms with van der Waals surface area (Å²) in [6.07, 6.45) is -3.87. The number of nitrogens with one attached hydrogen (secondary N) is 2. The van der Waals surface area contributed by atoms with Crippen molar-refractivity contribution in [1.29, 1.82) is 0 Å². The van der Waals surface area contributed by atoms with Crippen LogP contribution in [-0.4, -0.2) is 24.6 Å². The number of carbonyl (C=O) groups is 2. The Kier molecular flexibility index (Phi) is 8.67. The number of amides is 2. The van der Waals surface area contributed by atoms with Crippen LogP contribution in [0.1, 0.15) is 30.4 Å². The van der Waals surface area contributed by atoms with Crippen molar-refractivity contribution in [3.8, 4) is 0 Å². The number of ether oxygens (including phenoxy) is 1. The molecule has 162 valence electrons. The summed E-state index contributed by atoms with van der Waals surface area (Å²) in [6.45, 7) is 0.442. The number of hydrogen-bond donors (Lipinski definition) is 3. The first-order valence-electron chi connectivity index (χ1n) is 9.45. The van der Waals surface area contributed by atoms with E-state index >= 15 is 0 Å². The number of unbranched alkanes of at least 4 members (excludes halogenated alkanes) is 1. The quantitative estimate of drug-likeness (QED) is 0.530. The fraction of sp³-hybridized carbons (Fsp3) is 0.333. The van der Waals surface area contributed by atoms with Crippen LogP contribution in [0.2, 0.25) is 0 Å². The summed E-state index contributed by atoms with van der Waals surface area (Å²) in [4.78, 5) is 24.7. The van der Waals surface area contributed by atoms with Gasteiger partial charge in [0.15, 0.2) is 0 Å². The Morgan fingerprint density at radius 1 is 1.03 bits per heavy atom. The molecule has 0 aliphatic carbocycles. The van der Waals surface area contributed by atoms with Crippen molar-refractivity contribution < 1.29 is 27.5 Å². The number of rotatable bonds is 9. The lowest BCUT2D eigenvalue weighted by Gasteiger charge is -2.19. The average Bonchev–Trinajstić information content (AvgIpc) is 2.72. The number of alkyl carbamates (subject to hydrolysis) is 1. The zero-order chi connectivity index (χ0) is 22.0. The van der Waals surface area contributed by atoms with E-state index in [0.717, 1.165) is 17.7 Å². The second kappa shape index (κ2) is 11.2. The molecule has 0 aromatic heterocycles. The molecule has 0 saturated heterocycles. The van der Waals surface area contributed by atoms with Gasteiger partial charge < -0.3 is 21.1 Å². The van der Waals surface area contributed by atoms with Crippen molar-refractivity contribution in [2.24, 2.45) is 5.73 Å². The molecule has 0 saturated carbocycles. The first-order chi connectivity index (χ1) is 14.3. The molecular formula is C21H24F3N3O3. The Balaban J connectivity index is 2.00. The fourth-order valence-corrected chi connectivity index (χ4v) is 2.67. The predicted molar refractivity (Wildman–Crippen MR) is 107 cm³/mol. The zero-order valence-electron chi connectivity index (χ0n) is 16.2. The first-order valence-corrected chi connectivity index (χ1v) is 9.45. The molecular weight excluding hydrogens is 399 g/mol. The minimum Gasteiger partial charge on any atom is -0.445 e. The van der Waals surface area contributed by atoms with Gasteiger partial charge in [-0.1, -0.05) is 36.4 Å². The third-order valence-electron chi connectivity index (χ3n) is 4.23. The molecule has 9 heteroatoms. The summed E-state index contributed by atoms with van der Waals surface area (Å²) in [5.41, 5.74) is 5.35. The molecule has 6 nitrogen and oxygen atoms in total. The number of carbonyl (C=O) groups excluding carboxylic acids is 2. The van der Waals surface area contributed by atoms with E-state index in [1.54, 1.807) is 24.3 Å². The highest BCUT2D eigenvalue weighted by Gasteiger charge is 2.30. The summed E-state index contributed by atoms with van der Waals surface area (Å²) in [5, 5.41) is 4.89. The lowest BCUT2D eigenvalue weighted by molar-refractivity contribution is -0.137. The summed E-state index contributed by atoms with van der Waals surface area (Å²) >= 11 is 0. The molecule has 0 radical (unpaired) electrons. The van der Waals surface area contributed by atoms with E-state index in [1.165, 1.54) is 12.1 Å². The van der Waals surface area contributed by atoms with Crippen LogP contribution in [0.3, 0.4) is 0 Å². The summed E-state index contributed by atoms with van der Waals surface area (Å²) < 4.78 is 43.7. The van der Waals surface area contributed by atoms with Crippen LogP contribution in [-0.2, 0) is 22.3 Å². The lowest BCUT2D eigenvalue weighted by atomic mass is 10.1. The van der Waals surface area contributed by atoms with Gasteiger partial charge in [-0.3, -0.25) is 4.79 Å². The van der Waals surface area contributed by atoms with E-state index in [1.807, 2.05) is 6.07 Å². The van der Waals surface area contributed by atoms with Gasteiger partial charge >= 0.3 is 12.3 Å². The van der Waals surface area contributed by atoms with Gasteiger partial charge in [-0.25, -0.2) is 4.79 Å². The van der Waals surface area contributed by atoms with E-state index < -0.39 is 29.8 Å². The Bertz CT molecular complexity index is 829. The van der Waals surface area contributed by atoms with Crippen LogP contribution in [0.4, 0.5) is 23.7 Å². The summed E-state index contributed by atoms with van der Waals surface area (Å²) in [7, 11) is 0. The van der Waals surface area contributed by atoms with Gasteiger partial charge in [-0.15, -0.1) is 0 Å². The molecule has 2 rings (SSSR count). The van der Waals surface area contributed by atoms with Crippen molar-refractivity contribution in [2.45, 2.75) is 38.1 Å². The molecule has 4 N–H and O–H groups in total. The third kappa shape index (κ3) is 7.75. The van der Waals surface area contributed by atoms with Gasteiger partial charge in [0.05, 0.1) is 5.56 Å². The second-order valence-electron chi connectivity index (χ2n) is 6.61. The van der Waals surface area contributed by atoms with Crippen LogP contribution in [0.5, 0.6) is 0 Å². The lowest BCUT2D eigenvalue weighted by Crippen LogP contribution is -2.44. The SMILES string of the molecule is NCCCC[C@H](NC(=O)OCc1ccccc1)C(=O)Nc1cccc(C(F)(F)F)c1. The van der Waals surface area contributed by atoms with Crippen molar-refractivity contribution in [3.63, 3.8) is 0 Å². The van der Waals surface area contributed by atoms with Gasteiger partial charge in [-0.05, 0) is 49.6 Å². The Morgan fingerprint density at radius 3 is 2.43 bits per heavy atom.